The van der Waals surface area contributed by atoms with Gasteiger partial charge in [-0.3, -0.25) is 4.79 Å². The molecule has 62 valence electrons. The molecule has 0 saturated heterocycles. The molecule has 0 fully saturated rings. The zero-order valence-electron chi connectivity index (χ0n) is 6.19. The lowest BCUT2D eigenvalue weighted by atomic mass is 10.3. The third kappa shape index (κ3) is 2.71. The van der Waals surface area contributed by atoms with Crippen LogP contribution in [0.4, 0.5) is 0 Å². The molecule has 0 aliphatic heterocycles. The van der Waals surface area contributed by atoms with Gasteiger partial charge in [0.15, 0.2) is 0 Å². The van der Waals surface area contributed by atoms with Gasteiger partial charge in [-0.2, -0.15) is 12.6 Å². The Morgan fingerprint density at radius 2 is 2.36 bits per heavy atom. The van der Waals surface area contributed by atoms with Crippen LogP contribution in [0.3, 0.4) is 0 Å². The summed E-state index contributed by atoms with van der Waals surface area (Å²) in [5.74, 6) is 0.902. The van der Waals surface area contributed by atoms with Crippen LogP contribution in [0.25, 0.3) is 0 Å². The molecule has 0 spiro atoms. The fourth-order valence-corrected chi connectivity index (χ4v) is 1.69. The Kier molecular flexibility index (Phi) is 3.72. The van der Waals surface area contributed by atoms with Crippen molar-refractivity contribution in [3.8, 4) is 0 Å². The van der Waals surface area contributed by atoms with Crippen molar-refractivity contribution in [2.24, 2.45) is 0 Å². The monoisotopic (exact) mass is 189 g/mol. The lowest BCUT2D eigenvalue weighted by Gasteiger charge is -1.97. The first-order valence-corrected chi connectivity index (χ1v) is 5.10. The maximum atomic E-state index is 11.0. The van der Waals surface area contributed by atoms with E-state index in [0.29, 0.717) is 0 Å². The van der Waals surface area contributed by atoms with Gasteiger partial charge < -0.3 is 4.57 Å². The Balaban J connectivity index is 2.39. The minimum atomic E-state index is 0.143. The van der Waals surface area contributed by atoms with Crippen LogP contribution in [0.2, 0.25) is 0 Å². The van der Waals surface area contributed by atoms with Crippen LogP contribution in [0.5, 0.6) is 0 Å². The number of unbranched alkanes of at least 4 members (excludes halogenated alkanes) is 1. The first kappa shape index (κ1) is 8.87. The van der Waals surface area contributed by atoms with Crippen LogP contribution in [0, 0.1) is 0 Å². The molecule has 1 aromatic heterocycles. The predicted molar refractivity (Wildman–Crippen MR) is 51.7 cm³/mol. The molecule has 4 heteroatoms. The van der Waals surface area contributed by atoms with Crippen LogP contribution < -0.4 is 4.87 Å². The SMILES string of the molecule is O=c1sccn1CCCCS. The van der Waals surface area contributed by atoms with E-state index >= 15 is 0 Å². The Labute approximate surface area is 75.3 Å². The van der Waals surface area contributed by atoms with Crippen molar-refractivity contribution in [1.82, 2.24) is 4.57 Å². The van der Waals surface area contributed by atoms with Gasteiger partial charge in [-0.1, -0.05) is 11.3 Å². The number of thiol groups is 1. The highest BCUT2D eigenvalue weighted by Gasteiger charge is 1.94. The molecule has 0 atom stereocenters. The first-order valence-electron chi connectivity index (χ1n) is 3.59. The normalized spacial score (nSPS) is 10.3. The molecule has 0 N–H and O–H groups in total. The third-order valence-corrected chi connectivity index (χ3v) is 2.46. The summed E-state index contributed by atoms with van der Waals surface area (Å²) in [5.41, 5.74) is 0. The molecule has 11 heavy (non-hydrogen) atoms. The van der Waals surface area contributed by atoms with E-state index in [4.69, 9.17) is 0 Å². The molecule has 1 rings (SSSR count). The predicted octanol–water partition coefficient (Wildman–Crippen LogP) is 1.62. The average Bonchev–Trinajstić information content (AvgIpc) is 2.37. The minimum absolute atomic E-state index is 0.143. The minimum Gasteiger partial charge on any atom is -0.306 e. The van der Waals surface area contributed by atoms with E-state index in [1.54, 1.807) is 4.57 Å². The van der Waals surface area contributed by atoms with E-state index < -0.39 is 0 Å². The third-order valence-electron chi connectivity index (χ3n) is 1.45. The zero-order valence-corrected chi connectivity index (χ0v) is 7.90. The molecule has 0 aliphatic rings. The average molecular weight is 189 g/mol. The van der Waals surface area contributed by atoms with E-state index in [-0.39, 0.29) is 4.87 Å². The van der Waals surface area contributed by atoms with E-state index in [1.807, 2.05) is 11.6 Å². The van der Waals surface area contributed by atoms with Crippen LogP contribution in [-0.2, 0) is 6.54 Å². The van der Waals surface area contributed by atoms with Gasteiger partial charge in [-0.25, -0.2) is 0 Å². The maximum Gasteiger partial charge on any atom is 0.307 e. The molecule has 0 aromatic carbocycles. The molecule has 0 amide bonds. The summed E-state index contributed by atoms with van der Waals surface area (Å²) < 4.78 is 1.74. The number of aromatic nitrogens is 1. The number of thiazole rings is 1. The molecule has 0 bridgehead atoms. The van der Waals surface area contributed by atoms with Crippen molar-refractivity contribution in [2.45, 2.75) is 19.4 Å². The quantitative estimate of drug-likeness (QED) is 0.564. The summed E-state index contributed by atoms with van der Waals surface area (Å²) in [6.07, 6.45) is 3.96. The molecular formula is C7H11NOS2. The Hall–Kier alpha value is -0.220. The number of nitrogens with zero attached hydrogens (tertiary/aromatic N) is 1. The molecule has 1 aromatic rings. The summed E-state index contributed by atoms with van der Waals surface area (Å²) in [5, 5.41) is 1.82. The summed E-state index contributed by atoms with van der Waals surface area (Å²) in [6, 6.07) is 0. The van der Waals surface area contributed by atoms with Gasteiger partial charge in [0.05, 0.1) is 0 Å². The molecule has 0 aliphatic carbocycles. The summed E-state index contributed by atoms with van der Waals surface area (Å²) in [7, 11) is 0. The second-order valence-corrected chi connectivity index (χ2v) is 3.60. The van der Waals surface area contributed by atoms with Crippen molar-refractivity contribution in [3.05, 3.63) is 21.2 Å². The highest BCUT2D eigenvalue weighted by atomic mass is 32.1. The van der Waals surface area contributed by atoms with Crippen LogP contribution in [0.15, 0.2) is 16.4 Å². The Morgan fingerprint density at radius 1 is 1.55 bits per heavy atom. The highest BCUT2D eigenvalue weighted by Crippen LogP contribution is 1.96. The van der Waals surface area contributed by atoms with Gasteiger partial charge in [-0.15, -0.1) is 0 Å². The van der Waals surface area contributed by atoms with Crippen molar-refractivity contribution in [2.75, 3.05) is 5.75 Å². The van der Waals surface area contributed by atoms with E-state index in [0.717, 1.165) is 25.1 Å². The maximum absolute atomic E-state index is 11.0. The summed E-state index contributed by atoms with van der Waals surface area (Å²) >= 11 is 5.34. The first-order chi connectivity index (χ1) is 5.34. The molecule has 1 heterocycles. The van der Waals surface area contributed by atoms with Crippen LogP contribution in [0.1, 0.15) is 12.8 Å². The molecule has 0 radical (unpaired) electrons. The van der Waals surface area contributed by atoms with Crippen molar-refractivity contribution < 1.29 is 0 Å². The molecule has 0 saturated carbocycles. The van der Waals surface area contributed by atoms with Crippen LogP contribution in [-0.4, -0.2) is 10.3 Å². The topological polar surface area (TPSA) is 22.0 Å². The van der Waals surface area contributed by atoms with Crippen LogP contribution >= 0.6 is 24.0 Å². The molecule has 2 nitrogen and oxygen atoms in total. The summed E-state index contributed by atoms with van der Waals surface area (Å²) in [4.78, 5) is 11.1. The molecule has 0 unspecified atom stereocenters. The van der Waals surface area contributed by atoms with Gasteiger partial charge in [-0.05, 0) is 18.6 Å². The van der Waals surface area contributed by atoms with Gasteiger partial charge in [0.25, 0.3) is 0 Å². The standard InChI is InChI=1S/C7H11NOS2/c9-7-8(4-6-11-7)3-1-2-5-10/h4,6,10H,1-3,5H2. The number of hydrogen-bond donors (Lipinski definition) is 1. The zero-order chi connectivity index (χ0) is 8.10. The highest BCUT2D eigenvalue weighted by molar-refractivity contribution is 7.80. The van der Waals surface area contributed by atoms with Gasteiger partial charge in [0.2, 0.25) is 0 Å². The molecular weight excluding hydrogens is 178 g/mol. The fraction of sp³-hybridized carbons (Fsp3) is 0.571. The lowest BCUT2D eigenvalue weighted by molar-refractivity contribution is 0.627. The van der Waals surface area contributed by atoms with Gasteiger partial charge in [0, 0.05) is 18.1 Å². The van der Waals surface area contributed by atoms with E-state index in [2.05, 4.69) is 12.6 Å². The van der Waals surface area contributed by atoms with E-state index in [9.17, 15) is 4.79 Å². The van der Waals surface area contributed by atoms with Gasteiger partial charge in [0.1, 0.15) is 0 Å². The fourth-order valence-electron chi connectivity index (χ4n) is 0.850. The van der Waals surface area contributed by atoms with E-state index in [1.165, 1.54) is 11.3 Å². The van der Waals surface area contributed by atoms with Gasteiger partial charge >= 0.3 is 4.87 Å². The van der Waals surface area contributed by atoms with Crippen molar-refractivity contribution in [3.63, 3.8) is 0 Å². The number of hydrogen-bond acceptors (Lipinski definition) is 3. The van der Waals surface area contributed by atoms with Crippen molar-refractivity contribution in [1.29, 1.82) is 0 Å². The Bertz CT molecular complexity index is 253. The number of rotatable bonds is 4. The Morgan fingerprint density at radius 3 is 2.91 bits per heavy atom. The largest absolute Gasteiger partial charge is 0.307 e. The van der Waals surface area contributed by atoms with Crippen molar-refractivity contribution >= 4 is 24.0 Å². The smallest absolute Gasteiger partial charge is 0.306 e. The number of aryl methyl sites for hydroxylation is 1. The second kappa shape index (κ2) is 4.62. The summed E-state index contributed by atoms with van der Waals surface area (Å²) in [6.45, 7) is 0.836. The lowest BCUT2D eigenvalue weighted by Crippen LogP contribution is -2.11. The second-order valence-electron chi connectivity index (χ2n) is 2.29.